The molecular formula is C27H29FN4O6S. The maximum atomic E-state index is 14.9. The van der Waals surface area contributed by atoms with Crippen LogP contribution in [-0.2, 0) is 22.1 Å². The summed E-state index contributed by atoms with van der Waals surface area (Å²) < 4.78 is 45.1. The highest BCUT2D eigenvalue weighted by molar-refractivity contribution is 7.89. The average Bonchev–Trinajstić information content (AvgIpc) is 3.55. The van der Waals surface area contributed by atoms with Crippen molar-refractivity contribution in [1.29, 1.82) is 0 Å². The quantitative estimate of drug-likeness (QED) is 0.299. The van der Waals surface area contributed by atoms with Gasteiger partial charge < -0.3 is 20.2 Å². The molecule has 0 bridgehead atoms. The molecule has 0 spiro atoms. The number of nitrogens with one attached hydrogen (secondary N) is 1. The van der Waals surface area contributed by atoms with Crippen LogP contribution in [0.5, 0.6) is 0 Å². The van der Waals surface area contributed by atoms with Crippen LogP contribution in [0.25, 0.3) is 22.0 Å². The topological polar surface area (TPSA) is 152 Å². The molecule has 0 aliphatic carbocycles. The molecule has 1 saturated heterocycles. The lowest BCUT2D eigenvalue weighted by Gasteiger charge is -2.14. The number of nitrogens with zero attached hydrogens (tertiary/aromatic N) is 2. The van der Waals surface area contributed by atoms with Gasteiger partial charge in [0.15, 0.2) is 9.84 Å². The molecule has 3 heterocycles. The molecule has 4 aromatic rings. The zero-order valence-corrected chi connectivity index (χ0v) is 22.3. The van der Waals surface area contributed by atoms with Crippen LogP contribution in [0, 0.1) is 5.82 Å². The van der Waals surface area contributed by atoms with Crippen LogP contribution in [0.4, 0.5) is 4.39 Å². The first kappa shape index (κ1) is 26.9. The van der Waals surface area contributed by atoms with Crippen LogP contribution >= 0.6 is 0 Å². The van der Waals surface area contributed by atoms with Crippen molar-refractivity contribution in [2.24, 2.45) is 5.73 Å². The van der Waals surface area contributed by atoms with Crippen LogP contribution < -0.4 is 11.5 Å². The number of carboxylic acid groups (broad SMARTS) is 1. The Kier molecular flexibility index (Phi) is 6.95. The van der Waals surface area contributed by atoms with E-state index in [9.17, 15) is 27.5 Å². The van der Waals surface area contributed by atoms with Crippen molar-refractivity contribution in [2.45, 2.75) is 37.7 Å². The van der Waals surface area contributed by atoms with Crippen LogP contribution in [0.2, 0.25) is 0 Å². The number of hydrogen-bond donors (Lipinski definition) is 3. The number of aromatic carboxylic acids is 1. The highest BCUT2D eigenvalue weighted by Crippen LogP contribution is 2.37. The molecule has 4 N–H and O–H groups in total. The number of halogens is 1. The molecule has 12 heteroatoms. The zero-order chi connectivity index (χ0) is 28.1. The summed E-state index contributed by atoms with van der Waals surface area (Å²) >= 11 is 0. The summed E-state index contributed by atoms with van der Waals surface area (Å²) in [6, 6.07) is 8.83. The molecule has 2 aromatic carbocycles. The number of benzene rings is 2. The second-order valence-corrected chi connectivity index (χ2v) is 12.3. The molecule has 2 aromatic heterocycles. The van der Waals surface area contributed by atoms with E-state index >= 15 is 0 Å². The van der Waals surface area contributed by atoms with Crippen molar-refractivity contribution in [3.8, 4) is 11.1 Å². The molecule has 1 unspecified atom stereocenters. The molecule has 206 valence electrons. The Morgan fingerprint density at radius 2 is 2.08 bits per heavy atom. The molecule has 10 nitrogen and oxygen atoms in total. The molecule has 39 heavy (non-hydrogen) atoms. The number of nitrogens with two attached hydrogens (primary N) is 1. The van der Waals surface area contributed by atoms with E-state index in [1.54, 1.807) is 24.4 Å². The Hall–Kier alpha value is -3.74. The number of carbonyl (C=O) groups is 1. The zero-order valence-electron chi connectivity index (χ0n) is 21.5. The van der Waals surface area contributed by atoms with Gasteiger partial charge in [-0.15, -0.1) is 0 Å². The normalized spacial score (nSPS) is 17.2. The van der Waals surface area contributed by atoms with E-state index in [0.29, 0.717) is 28.8 Å². The fourth-order valence-corrected chi connectivity index (χ4v) is 6.07. The van der Waals surface area contributed by atoms with E-state index in [1.807, 2.05) is 6.92 Å². The third-order valence-corrected chi connectivity index (χ3v) is 7.94. The molecular weight excluding hydrogens is 527 g/mol. The maximum absolute atomic E-state index is 14.9. The van der Waals surface area contributed by atoms with Crippen molar-refractivity contribution in [3.05, 3.63) is 81.5 Å². The summed E-state index contributed by atoms with van der Waals surface area (Å²) in [6.07, 6.45) is 3.56. The highest BCUT2D eigenvalue weighted by Gasteiger charge is 2.25. The SMILES string of the molecule is CC(c1cccc2c(-c3ccc(CS(C)(=O)=O)c(F)c3)c(C(=O)O)[nH]c12)n1cc(CN2CC[C@H](N)C2)oc1=O. The molecule has 0 amide bonds. The Bertz CT molecular complexity index is 1740. The van der Waals surface area contributed by atoms with E-state index in [4.69, 9.17) is 10.2 Å². The lowest BCUT2D eigenvalue weighted by atomic mass is 9.98. The fourth-order valence-electron chi connectivity index (χ4n) is 5.27. The van der Waals surface area contributed by atoms with E-state index < -0.39 is 39.2 Å². The number of H-pyrrole nitrogens is 1. The molecule has 1 aliphatic rings. The lowest BCUT2D eigenvalue weighted by Crippen LogP contribution is -2.26. The summed E-state index contributed by atoms with van der Waals surface area (Å²) in [5, 5.41) is 10.5. The number of carboxylic acids is 1. The van der Waals surface area contributed by atoms with Crippen LogP contribution in [-0.4, -0.2) is 59.3 Å². The minimum Gasteiger partial charge on any atom is -0.477 e. The van der Waals surface area contributed by atoms with Gasteiger partial charge in [-0.2, -0.15) is 0 Å². The Morgan fingerprint density at radius 1 is 1.31 bits per heavy atom. The van der Waals surface area contributed by atoms with Crippen LogP contribution in [0.15, 0.2) is 51.8 Å². The fraction of sp³-hybridized carbons (Fsp3) is 0.333. The van der Waals surface area contributed by atoms with E-state index in [1.165, 1.54) is 16.7 Å². The van der Waals surface area contributed by atoms with Gasteiger partial charge in [0, 0.05) is 41.9 Å². The molecule has 1 aliphatic heterocycles. The number of sulfone groups is 1. The van der Waals surface area contributed by atoms with Gasteiger partial charge in [-0.25, -0.2) is 22.4 Å². The summed E-state index contributed by atoms with van der Waals surface area (Å²) in [7, 11) is -3.46. The standard InChI is InChI=1S/C27H29FN4O6S/c1-15(32-13-19(38-27(32)35)12-31-9-8-18(29)11-31)20-4-3-5-21-23(25(26(33)34)30-24(20)21)16-6-7-17(22(28)10-16)14-39(2,36)37/h3-7,10,13,15,18,30H,8-9,11-12,14,29H2,1-2H3,(H,33,34)/t15?,18-/m0/s1. The number of likely N-dealkylation sites (tertiary alicyclic amines) is 1. The first-order valence-electron chi connectivity index (χ1n) is 12.4. The van der Waals surface area contributed by atoms with Crippen molar-refractivity contribution in [2.75, 3.05) is 19.3 Å². The number of oxazole rings is 1. The summed E-state index contributed by atoms with van der Waals surface area (Å²) in [6.45, 7) is 3.82. The first-order valence-corrected chi connectivity index (χ1v) is 14.5. The first-order chi connectivity index (χ1) is 18.4. The van der Waals surface area contributed by atoms with Crippen molar-refractivity contribution in [3.63, 3.8) is 0 Å². The second kappa shape index (κ2) is 10.1. The van der Waals surface area contributed by atoms with Gasteiger partial charge in [0.25, 0.3) is 0 Å². The van der Waals surface area contributed by atoms with Gasteiger partial charge in [-0.1, -0.05) is 30.3 Å². The van der Waals surface area contributed by atoms with Gasteiger partial charge in [0.1, 0.15) is 17.3 Å². The van der Waals surface area contributed by atoms with Crippen molar-refractivity contribution < 1.29 is 27.1 Å². The van der Waals surface area contributed by atoms with E-state index in [-0.39, 0.29) is 28.4 Å². The Labute approximate surface area is 223 Å². The number of aromatic amines is 1. The van der Waals surface area contributed by atoms with Crippen molar-refractivity contribution in [1.82, 2.24) is 14.5 Å². The summed E-state index contributed by atoms with van der Waals surface area (Å²) in [5.74, 6) is -2.48. The summed E-state index contributed by atoms with van der Waals surface area (Å²) in [4.78, 5) is 30.1. The van der Waals surface area contributed by atoms with Gasteiger partial charge in [0.05, 0.1) is 30.1 Å². The molecule has 0 saturated carbocycles. The van der Waals surface area contributed by atoms with Crippen molar-refractivity contribution >= 4 is 26.7 Å². The summed E-state index contributed by atoms with van der Waals surface area (Å²) in [5.41, 5.74) is 7.51. The third-order valence-electron chi connectivity index (χ3n) is 7.11. The minimum atomic E-state index is -3.46. The second-order valence-electron chi connectivity index (χ2n) is 10.2. The predicted molar refractivity (Wildman–Crippen MR) is 144 cm³/mol. The lowest BCUT2D eigenvalue weighted by molar-refractivity contribution is 0.0692. The van der Waals surface area contributed by atoms with E-state index in [2.05, 4.69) is 9.88 Å². The smallest absolute Gasteiger partial charge is 0.419 e. The number of hydrogen-bond acceptors (Lipinski definition) is 7. The number of para-hydroxylation sites is 1. The minimum absolute atomic E-state index is 0.00155. The Balaban J connectivity index is 1.55. The van der Waals surface area contributed by atoms with Crippen LogP contribution in [0.3, 0.4) is 0 Å². The average molecular weight is 557 g/mol. The van der Waals surface area contributed by atoms with Crippen LogP contribution in [0.1, 0.15) is 46.8 Å². The molecule has 0 radical (unpaired) electrons. The molecule has 1 fully saturated rings. The largest absolute Gasteiger partial charge is 0.477 e. The third kappa shape index (κ3) is 5.40. The number of fused-ring (bicyclic) bond motifs is 1. The monoisotopic (exact) mass is 556 g/mol. The van der Waals surface area contributed by atoms with Gasteiger partial charge in [-0.3, -0.25) is 9.47 Å². The molecule has 5 rings (SSSR count). The Morgan fingerprint density at radius 3 is 2.72 bits per heavy atom. The number of aromatic nitrogens is 2. The number of rotatable bonds is 8. The molecule has 2 atom stereocenters. The highest BCUT2D eigenvalue weighted by atomic mass is 32.2. The van der Waals surface area contributed by atoms with Gasteiger partial charge in [0.2, 0.25) is 0 Å². The van der Waals surface area contributed by atoms with Gasteiger partial charge in [-0.05, 0) is 30.5 Å². The maximum Gasteiger partial charge on any atom is 0.419 e. The van der Waals surface area contributed by atoms with Gasteiger partial charge >= 0.3 is 11.7 Å². The predicted octanol–water partition coefficient (Wildman–Crippen LogP) is 3.11. The van der Waals surface area contributed by atoms with E-state index in [0.717, 1.165) is 31.8 Å².